The van der Waals surface area contributed by atoms with Crippen LogP contribution in [0.2, 0.25) is 0 Å². The van der Waals surface area contributed by atoms with Crippen LogP contribution in [-0.4, -0.2) is 23.5 Å². The Labute approximate surface area is 91.1 Å². The second-order valence-electron chi connectivity index (χ2n) is 4.07. The molecule has 1 amide bonds. The maximum Gasteiger partial charge on any atom is 0.305 e. The van der Waals surface area contributed by atoms with E-state index in [0.29, 0.717) is 5.92 Å². The van der Waals surface area contributed by atoms with Crippen molar-refractivity contribution in [2.24, 2.45) is 11.8 Å². The summed E-state index contributed by atoms with van der Waals surface area (Å²) in [5.74, 6) is -0.599. The van der Waals surface area contributed by atoms with Crippen molar-refractivity contribution in [1.29, 1.82) is 0 Å². The third kappa shape index (κ3) is 6.10. The highest BCUT2D eigenvalue weighted by Crippen LogP contribution is 2.16. The molecule has 1 unspecified atom stereocenters. The van der Waals surface area contributed by atoms with E-state index in [1.165, 1.54) is 0 Å². The quantitative estimate of drug-likeness (QED) is 0.678. The summed E-state index contributed by atoms with van der Waals surface area (Å²) in [5, 5.41) is 11.1. The van der Waals surface area contributed by atoms with Crippen molar-refractivity contribution in [2.75, 3.05) is 6.54 Å². The minimum absolute atomic E-state index is 0.00351. The topological polar surface area (TPSA) is 66.4 Å². The predicted octanol–water partition coefficient (Wildman–Crippen LogP) is 1.65. The van der Waals surface area contributed by atoms with Gasteiger partial charge in [0.1, 0.15) is 0 Å². The van der Waals surface area contributed by atoms with Gasteiger partial charge in [0, 0.05) is 12.5 Å². The molecule has 0 fully saturated rings. The number of nitrogens with one attached hydrogen (secondary N) is 1. The van der Waals surface area contributed by atoms with Crippen LogP contribution in [0.15, 0.2) is 0 Å². The van der Waals surface area contributed by atoms with Gasteiger partial charge in [-0.05, 0) is 12.3 Å². The van der Waals surface area contributed by atoms with Crippen molar-refractivity contribution < 1.29 is 14.7 Å². The molecule has 4 heteroatoms. The Morgan fingerprint density at radius 1 is 1.33 bits per heavy atom. The summed E-state index contributed by atoms with van der Waals surface area (Å²) >= 11 is 0. The molecular weight excluding hydrogens is 194 g/mol. The summed E-state index contributed by atoms with van der Waals surface area (Å²) in [6.07, 6.45) is 1.81. The molecular formula is C11H21NO3. The van der Waals surface area contributed by atoms with Crippen molar-refractivity contribution in [3.63, 3.8) is 0 Å². The van der Waals surface area contributed by atoms with Gasteiger partial charge in [0.15, 0.2) is 0 Å². The number of aliphatic carboxylic acids is 1. The molecule has 0 saturated heterocycles. The van der Waals surface area contributed by atoms with Gasteiger partial charge in [-0.3, -0.25) is 9.59 Å². The molecule has 0 bridgehead atoms. The molecule has 0 aromatic heterocycles. The van der Waals surface area contributed by atoms with Gasteiger partial charge in [-0.25, -0.2) is 0 Å². The lowest BCUT2D eigenvalue weighted by atomic mass is 9.90. The molecule has 0 saturated carbocycles. The van der Waals surface area contributed by atoms with Crippen LogP contribution in [0.5, 0.6) is 0 Å². The third-order valence-electron chi connectivity index (χ3n) is 2.38. The minimum atomic E-state index is -0.883. The van der Waals surface area contributed by atoms with E-state index in [2.05, 4.69) is 5.32 Å². The van der Waals surface area contributed by atoms with Crippen LogP contribution in [0.1, 0.15) is 40.0 Å². The number of carbonyl (C=O) groups is 2. The van der Waals surface area contributed by atoms with Crippen LogP contribution in [-0.2, 0) is 9.59 Å². The number of hydrogen-bond acceptors (Lipinski definition) is 2. The van der Waals surface area contributed by atoms with Gasteiger partial charge < -0.3 is 10.4 Å². The average Bonchev–Trinajstić information content (AvgIpc) is 2.12. The van der Waals surface area contributed by atoms with Crippen LogP contribution in [0.25, 0.3) is 0 Å². The van der Waals surface area contributed by atoms with E-state index in [9.17, 15) is 9.59 Å². The number of carboxylic acid groups (broad SMARTS) is 1. The van der Waals surface area contributed by atoms with Crippen LogP contribution in [0, 0.1) is 11.8 Å². The van der Waals surface area contributed by atoms with E-state index < -0.39 is 5.97 Å². The van der Waals surface area contributed by atoms with Crippen LogP contribution >= 0.6 is 0 Å². The third-order valence-corrected chi connectivity index (χ3v) is 2.38. The first-order valence-corrected chi connectivity index (χ1v) is 5.48. The number of rotatable bonds is 7. The zero-order valence-corrected chi connectivity index (χ0v) is 9.75. The first-order chi connectivity index (χ1) is 6.99. The molecule has 0 heterocycles. The first-order valence-electron chi connectivity index (χ1n) is 5.48. The standard InChI is InChI=1S/C11H21NO3/c1-4-5-9(8(2)3)11(15)12-7-6-10(13)14/h8-9H,4-7H2,1-3H3,(H,12,15)(H,13,14). The second-order valence-corrected chi connectivity index (χ2v) is 4.07. The average molecular weight is 215 g/mol. The largest absolute Gasteiger partial charge is 0.481 e. The lowest BCUT2D eigenvalue weighted by Gasteiger charge is -2.19. The molecule has 0 aliphatic rings. The van der Waals surface area contributed by atoms with Crippen LogP contribution in [0.3, 0.4) is 0 Å². The molecule has 0 spiro atoms. The molecule has 0 rings (SSSR count). The van der Waals surface area contributed by atoms with Gasteiger partial charge in [0.05, 0.1) is 6.42 Å². The molecule has 0 aromatic rings. The van der Waals surface area contributed by atoms with Crippen molar-refractivity contribution in [2.45, 2.75) is 40.0 Å². The van der Waals surface area contributed by atoms with E-state index >= 15 is 0 Å². The van der Waals surface area contributed by atoms with Gasteiger partial charge in [-0.15, -0.1) is 0 Å². The van der Waals surface area contributed by atoms with Gasteiger partial charge in [0.2, 0.25) is 5.91 Å². The Morgan fingerprint density at radius 3 is 2.33 bits per heavy atom. The Hall–Kier alpha value is -1.06. The number of amides is 1. The Balaban J connectivity index is 3.97. The van der Waals surface area contributed by atoms with E-state index in [4.69, 9.17) is 5.11 Å². The summed E-state index contributed by atoms with van der Waals surface area (Å²) in [6.45, 7) is 6.29. The summed E-state index contributed by atoms with van der Waals surface area (Å²) in [5.41, 5.74) is 0. The van der Waals surface area contributed by atoms with Crippen molar-refractivity contribution >= 4 is 11.9 Å². The summed E-state index contributed by atoms with van der Waals surface area (Å²) < 4.78 is 0. The molecule has 4 nitrogen and oxygen atoms in total. The molecule has 88 valence electrons. The van der Waals surface area contributed by atoms with E-state index in [1.807, 2.05) is 20.8 Å². The maximum atomic E-state index is 11.7. The molecule has 0 radical (unpaired) electrons. The summed E-state index contributed by atoms with van der Waals surface area (Å²) in [4.78, 5) is 21.9. The zero-order chi connectivity index (χ0) is 11.8. The smallest absolute Gasteiger partial charge is 0.305 e. The fraction of sp³-hybridized carbons (Fsp3) is 0.818. The monoisotopic (exact) mass is 215 g/mol. The fourth-order valence-corrected chi connectivity index (χ4v) is 1.50. The second kappa shape index (κ2) is 7.26. The van der Waals surface area contributed by atoms with Gasteiger partial charge >= 0.3 is 5.97 Å². The predicted molar refractivity (Wildman–Crippen MR) is 58.5 cm³/mol. The van der Waals surface area contributed by atoms with Crippen molar-refractivity contribution in [3.05, 3.63) is 0 Å². The molecule has 2 N–H and O–H groups in total. The Kier molecular flexibility index (Phi) is 6.75. The van der Waals surface area contributed by atoms with Gasteiger partial charge in [-0.2, -0.15) is 0 Å². The molecule has 0 aliphatic carbocycles. The van der Waals surface area contributed by atoms with E-state index in [-0.39, 0.29) is 24.8 Å². The normalized spacial score (nSPS) is 12.5. The highest BCUT2D eigenvalue weighted by Gasteiger charge is 2.20. The molecule has 1 atom stereocenters. The van der Waals surface area contributed by atoms with Gasteiger partial charge in [-0.1, -0.05) is 27.2 Å². The summed E-state index contributed by atoms with van der Waals surface area (Å²) in [6, 6.07) is 0. The lowest BCUT2D eigenvalue weighted by molar-refractivity contribution is -0.137. The molecule has 0 aromatic carbocycles. The van der Waals surface area contributed by atoms with Crippen molar-refractivity contribution in [3.8, 4) is 0 Å². The van der Waals surface area contributed by atoms with E-state index in [0.717, 1.165) is 12.8 Å². The highest BCUT2D eigenvalue weighted by molar-refractivity contribution is 5.79. The Morgan fingerprint density at radius 2 is 1.93 bits per heavy atom. The SMILES string of the molecule is CCCC(C(=O)NCCC(=O)O)C(C)C. The Bertz CT molecular complexity index is 214. The van der Waals surface area contributed by atoms with E-state index in [1.54, 1.807) is 0 Å². The van der Waals surface area contributed by atoms with Gasteiger partial charge in [0.25, 0.3) is 0 Å². The fourth-order valence-electron chi connectivity index (χ4n) is 1.50. The molecule has 0 aliphatic heterocycles. The first kappa shape index (κ1) is 13.9. The maximum absolute atomic E-state index is 11.7. The van der Waals surface area contributed by atoms with Crippen molar-refractivity contribution in [1.82, 2.24) is 5.32 Å². The highest BCUT2D eigenvalue weighted by atomic mass is 16.4. The van der Waals surface area contributed by atoms with Crippen LogP contribution in [0.4, 0.5) is 0 Å². The number of carboxylic acids is 1. The van der Waals surface area contributed by atoms with Crippen LogP contribution < -0.4 is 5.32 Å². The minimum Gasteiger partial charge on any atom is -0.481 e. The zero-order valence-electron chi connectivity index (χ0n) is 9.75. The number of hydrogen-bond donors (Lipinski definition) is 2. The summed E-state index contributed by atoms with van der Waals surface area (Å²) in [7, 11) is 0. The lowest BCUT2D eigenvalue weighted by Crippen LogP contribution is -2.34. The molecule has 15 heavy (non-hydrogen) atoms. The number of carbonyl (C=O) groups excluding carboxylic acids is 1.